The molecule has 0 atom stereocenters. The van der Waals surface area contributed by atoms with E-state index in [4.69, 9.17) is 14.0 Å². The number of carbonyl (C=O) groups excluding carboxylic acids is 1. The van der Waals surface area contributed by atoms with Gasteiger partial charge in [-0.15, -0.1) is 10.2 Å². The molecule has 12 heteroatoms. The molecule has 0 N–H and O–H groups in total. The van der Waals surface area contributed by atoms with Crippen LogP contribution in [0.15, 0.2) is 41.1 Å². The number of fused-ring (bicyclic) bond motifs is 1. The van der Waals surface area contributed by atoms with Crippen molar-refractivity contribution in [1.29, 1.82) is 0 Å². The van der Waals surface area contributed by atoms with E-state index in [1.165, 1.54) is 25.3 Å². The van der Waals surface area contributed by atoms with Crippen molar-refractivity contribution >= 4 is 11.6 Å². The monoisotopic (exact) mass is 431 g/mol. The number of methoxy groups -OCH3 is 1. The molecule has 0 saturated carbocycles. The Kier molecular flexibility index (Phi) is 5.43. The third-order valence-corrected chi connectivity index (χ3v) is 4.24. The van der Waals surface area contributed by atoms with Gasteiger partial charge in [0.25, 0.3) is 5.89 Å². The van der Waals surface area contributed by atoms with Crippen LogP contribution in [0.1, 0.15) is 22.1 Å². The summed E-state index contributed by atoms with van der Waals surface area (Å²) in [4.78, 5) is 16.5. The first-order chi connectivity index (χ1) is 14.9. The Labute approximate surface area is 173 Å². The van der Waals surface area contributed by atoms with E-state index < -0.39 is 12.6 Å². The Morgan fingerprint density at radius 2 is 2.03 bits per heavy atom. The van der Waals surface area contributed by atoms with E-state index in [0.29, 0.717) is 22.6 Å². The summed E-state index contributed by atoms with van der Waals surface area (Å²) in [5, 5.41) is 11.7. The van der Waals surface area contributed by atoms with E-state index in [0.717, 1.165) is 0 Å². The van der Waals surface area contributed by atoms with E-state index in [9.17, 15) is 13.6 Å². The number of ether oxygens (including phenoxy) is 3. The molecule has 0 spiro atoms. The molecule has 3 heterocycles. The summed E-state index contributed by atoms with van der Waals surface area (Å²) in [7, 11) is 1.32. The van der Waals surface area contributed by atoms with Crippen molar-refractivity contribution < 1.29 is 32.3 Å². The van der Waals surface area contributed by atoms with Crippen molar-refractivity contribution in [1.82, 2.24) is 24.7 Å². The fourth-order valence-corrected chi connectivity index (χ4v) is 2.77. The Morgan fingerprint density at radius 3 is 2.81 bits per heavy atom. The first kappa shape index (κ1) is 20.2. The molecular weight excluding hydrogens is 416 g/mol. The first-order valence-electron chi connectivity index (χ1n) is 8.89. The lowest BCUT2D eigenvalue weighted by Gasteiger charge is -2.10. The van der Waals surface area contributed by atoms with Gasteiger partial charge in [-0.3, -0.25) is 4.40 Å². The lowest BCUT2D eigenvalue weighted by molar-refractivity contribution is -0.0512. The van der Waals surface area contributed by atoms with E-state index in [1.54, 1.807) is 29.7 Å². The van der Waals surface area contributed by atoms with Gasteiger partial charge in [0.05, 0.1) is 12.7 Å². The maximum atomic E-state index is 12.4. The molecule has 0 fully saturated rings. The zero-order valence-corrected chi connectivity index (χ0v) is 16.3. The molecule has 31 heavy (non-hydrogen) atoms. The molecule has 0 aliphatic rings. The van der Waals surface area contributed by atoms with E-state index >= 15 is 0 Å². The highest BCUT2D eigenvalue weighted by molar-refractivity contribution is 5.89. The predicted octanol–water partition coefficient (Wildman–Crippen LogP) is 3.05. The summed E-state index contributed by atoms with van der Waals surface area (Å²) >= 11 is 0. The number of hydrogen-bond donors (Lipinski definition) is 0. The molecule has 0 aliphatic heterocycles. The van der Waals surface area contributed by atoms with Gasteiger partial charge in [-0.2, -0.15) is 13.8 Å². The summed E-state index contributed by atoms with van der Waals surface area (Å²) in [6.45, 7) is -1.48. The number of pyridine rings is 1. The quantitative estimate of drug-likeness (QED) is 0.407. The van der Waals surface area contributed by atoms with Crippen molar-refractivity contribution in [2.75, 3.05) is 7.11 Å². The zero-order chi connectivity index (χ0) is 22.0. The largest absolute Gasteiger partial charge is 0.493 e. The van der Waals surface area contributed by atoms with Gasteiger partial charge in [-0.25, -0.2) is 4.79 Å². The van der Waals surface area contributed by atoms with Crippen LogP contribution in [0, 0.1) is 6.92 Å². The van der Waals surface area contributed by atoms with E-state index in [1.807, 2.05) is 0 Å². The molecule has 4 aromatic rings. The van der Waals surface area contributed by atoms with Crippen LogP contribution in [0.2, 0.25) is 0 Å². The summed E-state index contributed by atoms with van der Waals surface area (Å²) in [5.41, 5.74) is 1.35. The average Bonchev–Trinajstić information content (AvgIpc) is 3.38. The Bertz CT molecular complexity index is 1240. The lowest BCUT2D eigenvalue weighted by atomic mass is 10.2. The molecule has 10 nitrogen and oxygen atoms in total. The first-order valence-corrected chi connectivity index (χ1v) is 8.89. The lowest BCUT2D eigenvalue weighted by Crippen LogP contribution is -2.07. The van der Waals surface area contributed by atoms with Crippen molar-refractivity contribution in [2.45, 2.75) is 20.1 Å². The van der Waals surface area contributed by atoms with E-state index in [-0.39, 0.29) is 29.8 Å². The van der Waals surface area contributed by atoms with Crippen LogP contribution >= 0.6 is 0 Å². The zero-order valence-electron chi connectivity index (χ0n) is 16.3. The van der Waals surface area contributed by atoms with Crippen LogP contribution in [0.25, 0.3) is 17.0 Å². The number of nitrogens with zero attached hydrogens (tertiary/aromatic N) is 5. The minimum atomic E-state index is -2.99. The summed E-state index contributed by atoms with van der Waals surface area (Å²) in [5.74, 6) is 0.206. The van der Waals surface area contributed by atoms with Crippen LogP contribution in [0.4, 0.5) is 8.78 Å². The fraction of sp³-hybridized carbons (Fsp3) is 0.211. The van der Waals surface area contributed by atoms with Gasteiger partial charge in [0, 0.05) is 11.8 Å². The van der Waals surface area contributed by atoms with Gasteiger partial charge >= 0.3 is 12.6 Å². The average molecular weight is 431 g/mol. The summed E-state index contributed by atoms with van der Waals surface area (Å²) in [6, 6.07) is 7.42. The third kappa shape index (κ3) is 4.27. The molecule has 0 radical (unpaired) electrons. The van der Waals surface area contributed by atoms with Gasteiger partial charge in [0.1, 0.15) is 5.82 Å². The minimum absolute atomic E-state index is 0.0526. The third-order valence-electron chi connectivity index (χ3n) is 4.24. The normalized spacial score (nSPS) is 11.1. The Hall–Kier alpha value is -4.09. The van der Waals surface area contributed by atoms with Crippen LogP contribution in [-0.4, -0.2) is 44.4 Å². The maximum absolute atomic E-state index is 12.4. The molecule has 0 bridgehead atoms. The molecule has 4 rings (SSSR count). The predicted molar refractivity (Wildman–Crippen MR) is 99.8 cm³/mol. The number of alkyl halides is 2. The second-order valence-electron chi connectivity index (χ2n) is 6.23. The highest BCUT2D eigenvalue weighted by Gasteiger charge is 2.16. The van der Waals surface area contributed by atoms with Crippen molar-refractivity contribution in [2.24, 2.45) is 0 Å². The number of esters is 1. The molecule has 0 unspecified atom stereocenters. The van der Waals surface area contributed by atoms with Gasteiger partial charge in [0.15, 0.2) is 23.8 Å². The van der Waals surface area contributed by atoms with Gasteiger partial charge in [-0.05, 0) is 37.3 Å². The smallest absolute Gasteiger partial charge is 0.387 e. The minimum Gasteiger partial charge on any atom is -0.493 e. The van der Waals surface area contributed by atoms with Gasteiger partial charge in [0.2, 0.25) is 5.82 Å². The maximum Gasteiger partial charge on any atom is 0.387 e. The molecular formula is C19H15F2N5O5. The van der Waals surface area contributed by atoms with Crippen molar-refractivity contribution in [3.05, 3.63) is 53.8 Å². The van der Waals surface area contributed by atoms with Crippen LogP contribution in [0.5, 0.6) is 11.5 Å². The molecule has 3 aromatic heterocycles. The molecule has 0 amide bonds. The second-order valence-corrected chi connectivity index (χ2v) is 6.23. The van der Waals surface area contributed by atoms with Gasteiger partial charge < -0.3 is 18.7 Å². The number of rotatable bonds is 7. The summed E-state index contributed by atoms with van der Waals surface area (Å²) < 4.78 is 46.3. The Morgan fingerprint density at radius 1 is 1.19 bits per heavy atom. The number of aromatic nitrogens is 5. The molecule has 160 valence electrons. The highest BCUT2D eigenvalue weighted by atomic mass is 19.3. The number of hydrogen-bond acceptors (Lipinski definition) is 9. The Balaban J connectivity index is 1.45. The number of aryl methyl sites for hydroxylation is 1. The topological polar surface area (TPSA) is 114 Å². The highest BCUT2D eigenvalue weighted by Crippen LogP contribution is 2.32. The van der Waals surface area contributed by atoms with Crippen LogP contribution in [0.3, 0.4) is 0 Å². The molecule has 1 aromatic carbocycles. The molecule has 0 saturated heterocycles. The van der Waals surface area contributed by atoms with Crippen LogP contribution in [-0.2, 0) is 11.3 Å². The fourth-order valence-electron chi connectivity index (χ4n) is 2.77. The van der Waals surface area contributed by atoms with E-state index in [2.05, 4.69) is 25.1 Å². The van der Waals surface area contributed by atoms with Gasteiger partial charge in [-0.1, -0.05) is 5.16 Å². The number of carbonyl (C=O) groups is 1. The number of benzene rings is 1. The number of halogens is 2. The molecule has 0 aliphatic carbocycles. The van der Waals surface area contributed by atoms with Crippen molar-refractivity contribution in [3.63, 3.8) is 0 Å². The second kappa shape index (κ2) is 8.34. The SMILES string of the molecule is COc1cc(-c2noc(COC(=O)c3ccc4nnc(C)n4c3)n2)ccc1OC(F)F. The standard InChI is InChI=1S/C19H15F2N5O5/c1-10-23-24-15-6-4-12(8-26(10)15)18(27)29-9-16-22-17(25-31-16)11-3-5-13(30-19(20)21)14(7-11)28-2/h3-8,19H,9H2,1-2H3. The van der Waals surface area contributed by atoms with Crippen LogP contribution < -0.4 is 9.47 Å². The summed E-state index contributed by atoms with van der Waals surface area (Å²) in [6.07, 6.45) is 1.57. The van der Waals surface area contributed by atoms with Crippen molar-refractivity contribution in [3.8, 4) is 22.9 Å².